The van der Waals surface area contributed by atoms with Crippen LogP contribution < -0.4 is 0 Å². The monoisotopic (exact) mass is 297 g/mol. The first kappa shape index (κ1) is 16.9. The molecule has 0 aromatic carbocycles. The molecule has 0 N–H and O–H groups in total. The number of hydrogen-bond acceptors (Lipinski definition) is 3. The number of likely N-dealkylation sites (N-methyl/N-ethyl adjacent to an activating group) is 1. The van der Waals surface area contributed by atoms with Gasteiger partial charge in [-0.05, 0) is 39.1 Å². The molecule has 0 atom stereocenters. The van der Waals surface area contributed by atoms with E-state index in [4.69, 9.17) is 11.6 Å². The lowest BCUT2D eigenvalue weighted by Gasteiger charge is -2.26. The van der Waals surface area contributed by atoms with Crippen LogP contribution in [0, 0.1) is 12.8 Å². The molecule has 0 radical (unpaired) electrons. The Labute approximate surface area is 126 Å². The van der Waals surface area contributed by atoms with E-state index in [9.17, 15) is 4.79 Å². The number of carbonyl (C=O) groups is 1. The molecule has 0 aliphatic carbocycles. The van der Waals surface area contributed by atoms with Crippen LogP contribution in [0.15, 0.2) is 12.1 Å². The second kappa shape index (κ2) is 7.60. The van der Waals surface area contributed by atoms with Crippen molar-refractivity contribution in [3.05, 3.63) is 28.5 Å². The summed E-state index contributed by atoms with van der Waals surface area (Å²) in [7, 11) is 4.01. The van der Waals surface area contributed by atoms with Gasteiger partial charge in [0.05, 0.1) is 0 Å². The van der Waals surface area contributed by atoms with E-state index in [1.807, 2.05) is 25.9 Å². The highest BCUT2D eigenvalue weighted by Crippen LogP contribution is 2.13. The Morgan fingerprint density at radius 3 is 2.45 bits per heavy atom. The number of hydrogen-bond donors (Lipinski definition) is 0. The van der Waals surface area contributed by atoms with Crippen molar-refractivity contribution in [1.82, 2.24) is 14.8 Å². The number of halogens is 1. The fourth-order valence-corrected chi connectivity index (χ4v) is 2.22. The van der Waals surface area contributed by atoms with Crippen molar-refractivity contribution in [3.63, 3.8) is 0 Å². The molecule has 4 nitrogen and oxygen atoms in total. The Balaban J connectivity index is 2.90. The van der Waals surface area contributed by atoms with Gasteiger partial charge in [0.2, 0.25) is 0 Å². The zero-order valence-electron chi connectivity index (χ0n) is 13.0. The van der Waals surface area contributed by atoms with Crippen LogP contribution in [0.25, 0.3) is 0 Å². The van der Waals surface area contributed by atoms with Crippen LogP contribution in [0.4, 0.5) is 0 Å². The van der Waals surface area contributed by atoms with Crippen molar-refractivity contribution in [2.24, 2.45) is 5.92 Å². The SMILES string of the molecule is Cc1cc(C(=O)N(CCN(C)C)CC(C)C)cc(Cl)n1. The third-order valence-corrected chi connectivity index (χ3v) is 3.05. The van der Waals surface area contributed by atoms with Gasteiger partial charge in [-0.2, -0.15) is 0 Å². The fraction of sp³-hybridized carbons (Fsp3) is 0.600. The third kappa shape index (κ3) is 5.47. The molecule has 112 valence electrons. The minimum Gasteiger partial charge on any atom is -0.337 e. The molecule has 0 unspecified atom stereocenters. The number of pyridine rings is 1. The second-order valence-corrected chi connectivity index (χ2v) is 6.16. The summed E-state index contributed by atoms with van der Waals surface area (Å²) >= 11 is 5.94. The third-order valence-electron chi connectivity index (χ3n) is 2.86. The molecule has 0 aliphatic heterocycles. The highest BCUT2D eigenvalue weighted by molar-refractivity contribution is 6.29. The van der Waals surface area contributed by atoms with Crippen LogP contribution in [0.1, 0.15) is 29.9 Å². The summed E-state index contributed by atoms with van der Waals surface area (Å²) in [5.41, 5.74) is 1.37. The molecule has 20 heavy (non-hydrogen) atoms. The van der Waals surface area contributed by atoms with Crippen molar-refractivity contribution >= 4 is 17.5 Å². The Morgan fingerprint density at radius 1 is 1.30 bits per heavy atom. The van der Waals surface area contributed by atoms with Crippen LogP contribution in [-0.4, -0.2) is 54.4 Å². The Morgan fingerprint density at radius 2 is 1.95 bits per heavy atom. The first-order chi connectivity index (χ1) is 9.29. The normalized spacial score (nSPS) is 11.2. The first-order valence-electron chi connectivity index (χ1n) is 6.87. The Kier molecular flexibility index (Phi) is 6.43. The molecular weight excluding hydrogens is 274 g/mol. The Bertz CT molecular complexity index is 440. The lowest BCUT2D eigenvalue weighted by molar-refractivity contribution is 0.0724. The molecule has 1 aromatic heterocycles. The summed E-state index contributed by atoms with van der Waals surface area (Å²) in [4.78, 5) is 20.7. The van der Waals surface area contributed by atoms with Gasteiger partial charge in [-0.25, -0.2) is 4.98 Å². The van der Waals surface area contributed by atoms with Crippen molar-refractivity contribution in [1.29, 1.82) is 0 Å². The average molecular weight is 298 g/mol. The molecule has 0 saturated heterocycles. The highest BCUT2D eigenvalue weighted by Gasteiger charge is 2.18. The van der Waals surface area contributed by atoms with E-state index in [1.165, 1.54) is 0 Å². The second-order valence-electron chi connectivity index (χ2n) is 5.77. The summed E-state index contributed by atoms with van der Waals surface area (Å²) < 4.78 is 0. The van der Waals surface area contributed by atoms with E-state index < -0.39 is 0 Å². The molecule has 0 bridgehead atoms. The number of aryl methyl sites for hydroxylation is 1. The van der Waals surface area contributed by atoms with Gasteiger partial charge in [-0.3, -0.25) is 4.79 Å². The van der Waals surface area contributed by atoms with Gasteiger partial charge in [-0.15, -0.1) is 0 Å². The van der Waals surface area contributed by atoms with Gasteiger partial charge in [0.1, 0.15) is 5.15 Å². The number of aromatic nitrogens is 1. The topological polar surface area (TPSA) is 36.4 Å². The summed E-state index contributed by atoms with van der Waals surface area (Å²) in [6.45, 7) is 8.36. The number of carbonyl (C=O) groups excluding carboxylic acids is 1. The number of nitrogens with zero attached hydrogens (tertiary/aromatic N) is 3. The fourth-order valence-electron chi connectivity index (χ4n) is 1.97. The van der Waals surface area contributed by atoms with Crippen molar-refractivity contribution < 1.29 is 4.79 Å². The van der Waals surface area contributed by atoms with Crippen LogP contribution in [0.5, 0.6) is 0 Å². The molecule has 5 heteroatoms. The molecule has 1 rings (SSSR count). The maximum absolute atomic E-state index is 12.6. The largest absolute Gasteiger partial charge is 0.337 e. The minimum atomic E-state index is 0.0213. The molecule has 0 spiro atoms. The zero-order chi connectivity index (χ0) is 15.3. The lowest BCUT2D eigenvalue weighted by Crippen LogP contribution is -2.39. The minimum absolute atomic E-state index is 0.0213. The van der Waals surface area contributed by atoms with Gasteiger partial charge >= 0.3 is 0 Å². The van der Waals surface area contributed by atoms with Gasteiger partial charge < -0.3 is 9.80 Å². The van der Waals surface area contributed by atoms with E-state index in [-0.39, 0.29) is 5.91 Å². The van der Waals surface area contributed by atoms with E-state index in [2.05, 4.69) is 23.7 Å². The standard InChI is InChI=1S/C15H24ClN3O/c1-11(2)10-19(7-6-18(4)5)15(20)13-8-12(3)17-14(16)9-13/h8-9,11H,6-7,10H2,1-5H3. The molecule has 1 amide bonds. The zero-order valence-corrected chi connectivity index (χ0v) is 13.7. The summed E-state index contributed by atoms with van der Waals surface area (Å²) in [6, 6.07) is 3.43. The maximum atomic E-state index is 12.6. The van der Waals surface area contributed by atoms with E-state index in [0.717, 1.165) is 18.8 Å². The number of amides is 1. The average Bonchev–Trinajstić information content (AvgIpc) is 2.31. The van der Waals surface area contributed by atoms with Gasteiger partial charge in [0.25, 0.3) is 5.91 Å². The molecular formula is C15H24ClN3O. The van der Waals surface area contributed by atoms with Crippen LogP contribution in [0.2, 0.25) is 5.15 Å². The maximum Gasteiger partial charge on any atom is 0.254 e. The van der Waals surface area contributed by atoms with E-state index in [1.54, 1.807) is 12.1 Å². The summed E-state index contributed by atoms with van der Waals surface area (Å²) in [6.07, 6.45) is 0. The highest BCUT2D eigenvalue weighted by atomic mass is 35.5. The first-order valence-corrected chi connectivity index (χ1v) is 7.25. The van der Waals surface area contributed by atoms with E-state index in [0.29, 0.717) is 23.2 Å². The van der Waals surface area contributed by atoms with Crippen LogP contribution in [0.3, 0.4) is 0 Å². The molecule has 0 saturated carbocycles. The number of rotatable bonds is 6. The van der Waals surface area contributed by atoms with Crippen molar-refractivity contribution in [2.45, 2.75) is 20.8 Å². The van der Waals surface area contributed by atoms with Crippen molar-refractivity contribution in [2.75, 3.05) is 33.7 Å². The van der Waals surface area contributed by atoms with Gasteiger partial charge in [-0.1, -0.05) is 25.4 Å². The van der Waals surface area contributed by atoms with Crippen LogP contribution in [-0.2, 0) is 0 Å². The smallest absolute Gasteiger partial charge is 0.254 e. The van der Waals surface area contributed by atoms with E-state index >= 15 is 0 Å². The molecule has 1 aromatic rings. The van der Waals surface area contributed by atoms with Crippen LogP contribution >= 0.6 is 11.6 Å². The molecule has 1 heterocycles. The predicted molar refractivity (Wildman–Crippen MR) is 83.3 cm³/mol. The summed E-state index contributed by atoms with van der Waals surface area (Å²) in [5, 5.41) is 0.366. The molecule has 0 fully saturated rings. The van der Waals surface area contributed by atoms with Crippen molar-refractivity contribution in [3.8, 4) is 0 Å². The Hall–Kier alpha value is -1.13. The summed E-state index contributed by atoms with van der Waals surface area (Å²) in [5.74, 6) is 0.451. The quantitative estimate of drug-likeness (QED) is 0.758. The van der Waals surface area contributed by atoms with Gasteiger partial charge in [0, 0.05) is 30.9 Å². The lowest BCUT2D eigenvalue weighted by atomic mass is 10.1. The molecule has 0 aliphatic rings. The predicted octanol–water partition coefficient (Wildman–Crippen LogP) is 2.70. The van der Waals surface area contributed by atoms with Gasteiger partial charge in [0.15, 0.2) is 0 Å².